The summed E-state index contributed by atoms with van der Waals surface area (Å²) in [7, 11) is 0. The van der Waals surface area contributed by atoms with Crippen LogP contribution in [-0.2, 0) is 14.2 Å². The van der Waals surface area contributed by atoms with E-state index in [0.29, 0.717) is 19.8 Å². The normalized spacial score (nSPS) is 16.0. The van der Waals surface area contributed by atoms with Crippen LogP contribution in [-0.4, -0.2) is 32.6 Å². The minimum absolute atomic E-state index is 0.192. The molecule has 0 aromatic heterocycles. The van der Waals surface area contributed by atoms with Gasteiger partial charge in [0.15, 0.2) is 0 Å². The van der Waals surface area contributed by atoms with Crippen LogP contribution in [0, 0.1) is 5.41 Å². The highest BCUT2D eigenvalue weighted by Gasteiger charge is 2.33. The summed E-state index contributed by atoms with van der Waals surface area (Å²) in [5.41, 5.74) is -0.192. The lowest BCUT2D eigenvalue weighted by atomic mass is 9.94. The lowest BCUT2D eigenvalue weighted by Gasteiger charge is -2.31. The van der Waals surface area contributed by atoms with Gasteiger partial charge in [0.2, 0.25) is 0 Å². The molecule has 4 heteroatoms. The molecular formula is C24H46O4. The van der Waals surface area contributed by atoms with Crippen LogP contribution in [0.2, 0.25) is 0 Å². The van der Waals surface area contributed by atoms with Crippen molar-refractivity contribution in [2.24, 2.45) is 5.41 Å². The maximum atomic E-state index is 10.9. The molecule has 0 atom stereocenters. The molecule has 0 aromatic carbocycles. The van der Waals surface area contributed by atoms with Gasteiger partial charge in [-0.15, -0.1) is 0 Å². The van der Waals surface area contributed by atoms with Gasteiger partial charge in [0.25, 0.3) is 0 Å². The molecule has 1 heterocycles. The number of unbranched alkanes of at least 4 members (excludes halogenated alkanes) is 15. The predicted molar refractivity (Wildman–Crippen MR) is 116 cm³/mol. The molecule has 1 aliphatic heterocycles. The van der Waals surface area contributed by atoms with Crippen LogP contribution in [0.1, 0.15) is 117 Å². The maximum absolute atomic E-state index is 10.9. The molecule has 0 amide bonds. The van der Waals surface area contributed by atoms with E-state index in [2.05, 4.69) is 6.92 Å². The molecule has 0 bridgehead atoms. The quantitative estimate of drug-likeness (QED) is 0.167. The third-order valence-corrected chi connectivity index (χ3v) is 5.67. The maximum Gasteiger partial charge on any atom is 0.508 e. The van der Waals surface area contributed by atoms with E-state index in [0.717, 1.165) is 13.0 Å². The average molecular weight is 399 g/mol. The van der Waals surface area contributed by atoms with Crippen LogP contribution in [0.25, 0.3) is 0 Å². The van der Waals surface area contributed by atoms with Crippen LogP contribution in [0.5, 0.6) is 0 Å². The number of rotatable bonds is 19. The van der Waals surface area contributed by atoms with E-state index < -0.39 is 6.16 Å². The lowest BCUT2D eigenvalue weighted by Crippen LogP contribution is -2.40. The van der Waals surface area contributed by atoms with Gasteiger partial charge in [-0.2, -0.15) is 0 Å². The molecule has 0 radical (unpaired) electrons. The number of hydrogen-bond acceptors (Lipinski definition) is 4. The van der Waals surface area contributed by atoms with Gasteiger partial charge in [-0.25, -0.2) is 4.79 Å². The van der Waals surface area contributed by atoms with Crippen LogP contribution in [0.4, 0.5) is 4.79 Å². The minimum Gasteiger partial charge on any atom is -0.433 e. The third-order valence-electron chi connectivity index (χ3n) is 5.67. The van der Waals surface area contributed by atoms with E-state index in [1.807, 2.05) is 6.92 Å². The molecule has 1 rings (SSSR count). The molecule has 1 saturated heterocycles. The van der Waals surface area contributed by atoms with Gasteiger partial charge in [-0.3, -0.25) is 0 Å². The Hall–Kier alpha value is -0.770. The molecule has 0 aromatic rings. The number of ether oxygens (including phenoxy) is 3. The van der Waals surface area contributed by atoms with E-state index in [4.69, 9.17) is 14.2 Å². The number of carbonyl (C=O) groups is 1. The average Bonchev–Trinajstić information content (AvgIpc) is 2.69. The first-order valence-corrected chi connectivity index (χ1v) is 12.0. The fourth-order valence-electron chi connectivity index (χ4n) is 3.70. The summed E-state index contributed by atoms with van der Waals surface area (Å²) in [5, 5.41) is 0. The second-order valence-corrected chi connectivity index (χ2v) is 8.99. The van der Waals surface area contributed by atoms with Gasteiger partial charge in [0, 0.05) is 6.61 Å². The van der Waals surface area contributed by atoms with Gasteiger partial charge in [-0.1, -0.05) is 110 Å². The highest BCUT2D eigenvalue weighted by molar-refractivity contribution is 5.60. The Morgan fingerprint density at radius 1 is 0.714 bits per heavy atom. The molecule has 0 saturated carbocycles. The van der Waals surface area contributed by atoms with Gasteiger partial charge in [0.05, 0.1) is 12.0 Å². The van der Waals surface area contributed by atoms with E-state index in [9.17, 15) is 4.79 Å². The lowest BCUT2D eigenvalue weighted by molar-refractivity contribution is -0.0852. The summed E-state index contributed by atoms with van der Waals surface area (Å²) in [6, 6.07) is 0. The first-order valence-electron chi connectivity index (χ1n) is 12.0. The topological polar surface area (TPSA) is 44.8 Å². The van der Waals surface area contributed by atoms with Crippen LogP contribution in [0.15, 0.2) is 0 Å². The van der Waals surface area contributed by atoms with Gasteiger partial charge in [0.1, 0.15) is 13.2 Å². The summed E-state index contributed by atoms with van der Waals surface area (Å²) in [6.45, 7) is 6.50. The van der Waals surface area contributed by atoms with Crippen molar-refractivity contribution in [3.05, 3.63) is 0 Å². The van der Waals surface area contributed by atoms with Crippen molar-refractivity contribution in [2.45, 2.75) is 117 Å². The fraction of sp³-hybridized carbons (Fsp3) is 0.958. The molecule has 0 N–H and O–H groups in total. The highest BCUT2D eigenvalue weighted by atomic mass is 16.7. The van der Waals surface area contributed by atoms with Crippen molar-refractivity contribution in [1.29, 1.82) is 0 Å². The first kappa shape index (κ1) is 25.3. The largest absolute Gasteiger partial charge is 0.508 e. The zero-order valence-electron chi connectivity index (χ0n) is 18.8. The summed E-state index contributed by atoms with van der Waals surface area (Å²) >= 11 is 0. The van der Waals surface area contributed by atoms with Gasteiger partial charge in [-0.05, 0) is 6.42 Å². The molecule has 1 fully saturated rings. The molecular weight excluding hydrogens is 352 g/mol. The zero-order chi connectivity index (χ0) is 20.3. The summed E-state index contributed by atoms with van der Waals surface area (Å²) in [4.78, 5) is 10.9. The van der Waals surface area contributed by atoms with Crippen molar-refractivity contribution in [3.63, 3.8) is 0 Å². The first-order chi connectivity index (χ1) is 13.7. The molecule has 0 aliphatic carbocycles. The van der Waals surface area contributed by atoms with Crippen molar-refractivity contribution in [2.75, 3.05) is 26.4 Å². The SMILES string of the molecule is CCCCCCCCCCCCCCCCCCOCC1(C)COC(=O)OC1. The van der Waals surface area contributed by atoms with Gasteiger partial charge >= 0.3 is 6.16 Å². The Kier molecular flexibility index (Phi) is 15.4. The zero-order valence-corrected chi connectivity index (χ0v) is 18.8. The highest BCUT2D eigenvalue weighted by Crippen LogP contribution is 2.22. The second-order valence-electron chi connectivity index (χ2n) is 8.99. The molecule has 166 valence electrons. The van der Waals surface area contributed by atoms with Crippen molar-refractivity contribution in [3.8, 4) is 0 Å². The predicted octanol–water partition coefficient (Wildman–Crippen LogP) is 7.44. The van der Waals surface area contributed by atoms with Gasteiger partial charge < -0.3 is 14.2 Å². The third kappa shape index (κ3) is 14.3. The summed E-state index contributed by atoms with van der Waals surface area (Å²) in [6.07, 6.45) is 21.6. The number of cyclic esters (lactones) is 2. The molecule has 4 nitrogen and oxygen atoms in total. The Bertz CT molecular complexity index is 360. The van der Waals surface area contributed by atoms with E-state index in [-0.39, 0.29) is 5.41 Å². The van der Waals surface area contributed by atoms with E-state index in [1.165, 1.54) is 96.3 Å². The number of carbonyl (C=O) groups excluding carboxylic acids is 1. The van der Waals surface area contributed by atoms with Crippen molar-refractivity contribution >= 4 is 6.16 Å². The van der Waals surface area contributed by atoms with Crippen molar-refractivity contribution in [1.82, 2.24) is 0 Å². The monoisotopic (exact) mass is 398 g/mol. The molecule has 0 spiro atoms. The summed E-state index contributed by atoms with van der Waals surface area (Å²) in [5.74, 6) is 0. The molecule has 1 aliphatic rings. The molecule has 0 unspecified atom stereocenters. The van der Waals surface area contributed by atoms with Crippen LogP contribution in [0.3, 0.4) is 0 Å². The fourth-order valence-corrected chi connectivity index (χ4v) is 3.70. The Morgan fingerprint density at radius 2 is 1.11 bits per heavy atom. The Labute approximate surface area is 174 Å². The van der Waals surface area contributed by atoms with Crippen LogP contribution >= 0.6 is 0 Å². The smallest absolute Gasteiger partial charge is 0.433 e. The van der Waals surface area contributed by atoms with Crippen molar-refractivity contribution < 1.29 is 19.0 Å². The van der Waals surface area contributed by atoms with E-state index >= 15 is 0 Å². The standard InChI is InChI=1S/C24H46O4/c1-3-4-5-6-7-8-9-10-11-12-13-14-15-16-17-18-19-26-20-24(2)21-27-23(25)28-22-24/h3-22H2,1-2H3. The second kappa shape index (κ2) is 17.1. The van der Waals surface area contributed by atoms with Crippen LogP contribution < -0.4 is 0 Å². The van der Waals surface area contributed by atoms with E-state index in [1.54, 1.807) is 0 Å². The Balaban J connectivity index is 1.73. The minimum atomic E-state index is -0.560. The Morgan fingerprint density at radius 3 is 1.54 bits per heavy atom. The number of hydrogen-bond donors (Lipinski definition) is 0. The molecule has 28 heavy (non-hydrogen) atoms. The summed E-state index contributed by atoms with van der Waals surface area (Å²) < 4.78 is 15.6.